The van der Waals surface area contributed by atoms with E-state index in [0.29, 0.717) is 6.04 Å². The normalized spacial score (nSPS) is 23.4. The summed E-state index contributed by atoms with van der Waals surface area (Å²) in [6.07, 6.45) is 2.41. The molecule has 3 heterocycles. The Morgan fingerprint density at radius 2 is 1.92 bits per heavy atom. The van der Waals surface area contributed by atoms with Gasteiger partial charge in [0.25, 0.3) is 5.91 Å². The minimum absolute atomic E-state index is 0.180. The number of carbonyl (C=O) groups excluding carboxylic acids is 1. The van der Waals surface area contributed by atoms with E-state index < -0.39 is 0 Å². The minimum atomic E-state index is 0.180. The van der Waals surface area contributed by atoms with Gasteiger partial charge in [0.2, 0.25) is 0 Å². The van der Waals surface area contributed by atoms with Crippen LogP contribution in [0.2, 0.25) is 0 Å². The first-order valence-corrected chi connectivity index (χ1v) is 9.02. The fraction of sp³-hybridized carbons (Fsp3) is 0.526. The van der Waals surface area contributed by atoms with Crippen LogP contribution in [0.4, 0.5) is 0 Å². The van der Waals surface area contributed by atoms with E-state index in [1.165, 1.54) is 29.7 Å². The Kier molecular flexibility index (Phi) is 4.29. The summed E-state index contributed by atoms with van der Waals surface area (Å²) in [5.41, 5.74) is 4.52. The lowest BCUT2D eigenvalue weighted by Crippen LogP contribution is -2.50. The van der Waals surface area contributed by atoms with Crippen molar-refractivity contribution in [2.24, 2.45) is 0 Å². The Labute approximate surface area is 143 Å². The van der Waals surface area contributed by atoms with Gasteiger partial charge in [0.1, 0.15) is 0 Å². The summed E-state index contributed by atoms with van der Waals surface area (Å²) in [7, 11) is 0. The molecule has 3 aliphatic rings. The predicted molar refractivity (Wildman–Crippen MR) is 94.6 cm³/mol. The van der Waals surface area contributed by atoms with Crippen molar-refractivity contribution in [2.45, 2.75) is 32.0 Å². The maximum absolute atomic E-state index is 12.9. The first-order valence-electron chi connectivity index (χ1n) is 9.02. The number of rotatable bonds is 3. The van der Waals surface area contributed by atoms with E-state index in [-0.39, 0.29) is 5.91 Å². The molecule has 2 N–H and O–H groups in total. The molecule has 0 radical (unpaired) electrons. The summed E-state index contributed by atoms with van der Waals surface area (Å²) < 4.78 is 0. The standard InChI is InChI=1S/C19H26N4O/c1-14(18-6-3-7-21-18)22-8-10-23(11-9-22)19(24)16-5-2-4-15-12-20-13-17(15)16/h2,4-5,18,20-21H,1,3,6-13H2. The van der Waals surface area contributed by atoms with Crippen molar-refractivity contribution in [1.82, 2.24) is 20.4 Å². The van der Waals surface area contributed by atoms with Crippen molar-refractivity contribution in [2.75, 3.05) is 32.7 Å². The molecule has 0 aliphatic carbocycles. The molecule has 0 bridgehead atoms. The Balaban J connectivity index is 1.40. The van der Waals surface area contributed by atoms with Crippen LogP contribution < -0.4 is 10.6 Å². The Morgan fingerprint density at radius 3 is 2.67 bits per heavy atom. The van der Waals surface area contributed by atoms with E-state index in [9.17, 15) is 4.79 Å². The highest BCUT2D eigenvalue weighted by atomic mass is 16.2. The van der Waals surface area contributed by atoms with Crippen LogP contribution in [0.1, 0.15) is 34.3 Å². The first-order chi connectivity index (χ1) is 11.7. The van der Waals surface area contributed by atoms with E-state index in [1.807, 2.05) is 17.0 Å². The van der Waals surface area contributed by atoms with Crippen molar-refractivity contribution in [3.05, 3.63) is 47.2 Å². The van der Waals surface area contributed by atoms with Crippen LogP contribution in [0.5, 0.6) is 0 Å². The lowest BCUT2D eigenvalue weighted by Gasteiger charge is -2.38. The quantitative estimate of drug-likeness (QED) is 0.879. The van der Waals surface area contributed by atoms with Gasteiger partial charge in [-0.15, -0.1) is 0 Å². The second-order valence-electron chi connectivity index (χ2n) is 6.97. The lowest BCUT2D eigenvalue weighted by molar-refractivity contribution is 0.0663. The molecule has 2 saturated heterocycles. The topological polar surface area (TPSA) is 47.6 Å². The van der Waals surface area contributed by atoms with Crippen LogP contribution >= 0.6 is 0 Å². The van der Waals surface area contributed by atoms with Crippen LogP contribution in [0.25, 0.3) is 0 Å². The molecule has 5 nitrogen and oxygen atoms in total. The lowest BCUT2D eigenvalue weighted by atomic mass is 10.0. The van der Waals surface area contributed by atoms with E-state index in [4.69, 9.17) is 0 Å². The molecule has 1 unspecified atom stereocenters. The third-order valence-electron chi connectivity index (χ3n) is 5.56. The van der Waals surface area contributed by atoms with Gasteiger partial charge in [-0.25, -0.2) is 0 Å². The molecule has 3 aliphatic heterocycles. The zero-order chi connectivity index (χ0) is 16.5. The number of benzene rings is 1. The number of hydrogen-bond donors (Lipinski definition) is 2. The molecule has 0 saturated carbocycles. The summed E-state index contributed by atoms with van der Waals surface area (Å²) in [5, 5.41) is 6.85. The van der Waals surface area contributed by atoms with Gasteiger partial charge in [-0.2, -0.15) is 0 Å². The second-order valence-corrected chi connectivity index (χ2v) is 6.97. The van der Waals surface area contributed by atoms with Crippen molar-refractivity contribution in [3.63, 3.8) is 0 Å². The zero-order valence-electron chi connectivity index (χ0n) is 14.2. The second kappa shape index (κ2) is 6.57. The summed E-state index contributed by atoms with van der Waals surface area (Å²) in [5.74, 6) is 0.180. The molecule has 1 amide bonds. The zero-order valence-corrected chi connectivity index (χ0v) is 14.2. The number of carbonyl (C=O) groups is 1. The van der Waals surface area contributed by atoms with E-state index in [1.54, 1.807) is 0 Å². The molecule has 24 heavy (non-hydrogen) atoms. The van der Waals surface area contributed by atoms with Gasteiger partial charge < -0.3 is 20.4 Å². The fourth-order valence-electron chi connectivity index (χ4n) is 4.09. The highest BCUT2D eigenvalue weighted by Crippen LogP contribution is 2.23. The van der Waals surface area contributed by atoms with Crippen LogP contribution in [0.3, 0.4) is 0 Å². The van der Waals surface area contributed by atoms with Crippen LogP contribution in [0.15, 0.2) is 30.5 Å². The molecule has 5 heteroatoms. The molecule has 2 fully saturated rings. The van der Waals surface area contributed by atoms with Crippen molar-refractivity contribution < 1.29 is 4.79 Å². The average Bonchev–Trinajstić information content (AvgIpc) is 3.31. The van der Waals surface area contributed by atoms with E-state index in [2.05, 4.69) is 28.2 Å². The number of nitrogens with one attached hydrogen (secondary N) is 2. The summed E-state index contributed by atoms with van der Waals surface area (Å²) in [4.78, 5) is 17.3. The van der Waals surface area contributed by atoms with Gasteiger partial charge in [0, 0.05) is 56.6 Å². The molecule has 4 rings (SSSR count). The number of nitrogens with zero attached hydrogens (tertiary/aromatic N) is 2. The van der Waals surface area contributed by atoms with Gasteiger partial charge in [-0.05, 0) is 36.6 Å². The van der Waals surface area contributed by atoms with Crippen LogP contribution in [0, 0.1) is 0 Å². The van der Waals surface area contributed by atoms with Crippen LogP contribution in [-0.2, 0) is 13.1 Å². The SMILES string of the molecule is C=C(C1CCCN1)N1CCN(C(=O)c2cccc3c2CNC3)CC1. The number of hydrogen-bond acceptors (Lipinski definition) is 4. The predicted octanol–water partition coefficient (Wildman–Crippen LogP) is 1.31. The molecule has 1 aromatic carbocycles. The molecule has 128 valence electrons. The van der Waals surface area contributed by atoms with Crippen molar-refractivity contribution in [3.8, 4) is 0 Å². The number of fused-ring (bicyclic) bond motifs is 1. The maximum atomic E-state index is 12.9. The summed E-state index contributed by atoms with van der Waals surface area (Å²) in [6.45, 7) is 10.4. The fourth-order valence-corrected chi connectivity index (χ4v) is 4.09. The van der Waals surface area contributed by atoms with Crippen LogP contribution in [-0.4, -0.2) is 54.5 Å². The molecular formula is C19H26N4O. The maximum Gasteiger partial charge on any atom is 0.254 e. The van der Waals surface area contributed by atoms with Gasteiger partial charge in [0.05, 0.1) is 0 Å². The van der Waals surface area contributed by atoms with Gasteiger partial charge >= 0.3 is 0 Å². The molecule has 0 aromatic heterocycles. The molecule has 1 atom stereocenters. The third kappa shape index (κ3) is 2.82. The molecular weight excluding hydrogens is 300 g/mol. The first kappa shape index (κ1) is 15.7. The summed E-state index contributed by atoms with van der Waals surface area (Å²) in [6, 6.07) is 6.52. The molecule has 0 spiro atoms. The average molecular weight is 326 g/mol. The van der Waals surface area contributed by atoms with E-state index >= 15 is 0 Å². The Morgan fingerprint density at radius 1 is 1.12 bits per heavy atom. The van der Waals surface area contributed by atoms with Gasteiger partial charge in [0.15, 0.2) is 0 Å². The Hall–Kier alpha value is -1.85. The van der Waals surface area contributed by atoms with Gasteiger partial charge in [-0.1, -0.05) is 18.7 Å². The van der Waals surface area contributed by atoms with E-state index in [0.717, 1.165) is 51.4 Å². The Bertz CT molecular complexity index is 643. The highest BCUT2D eigenvalue weighted by Gasteiger charge is 2.28. The highest BCUT2D eigenvalue weighted by molar-refractivity contribution is 5.96. The van der Waals surface area contributed by atoms with Gasteiger partial charge in [-0.3, -0.25) is 4.79 Å². The minimum Gasteiger partial charge on any atom is -0.370 e. The van der Waals surface area contributed by atoms with Crippen molar-refractivity contribution >= 4 is 5.91 Å². The monoisotopic (exact) mass is 326 g/mol. The number of piperazine rings is 1. The molecule has 1 aromatic rings. The van der Waals surface area contributed by atoms with Crippen molar-refractivity contribution in [1.29, 1.82) is 0 Å². The third-order valence-corrected chi connectivity index (χ3v) is 5.56. The number of amides is 1. The largest absolute Gasteiger partial charge is 0.370 e. The smallest absolute Gasteiger partial charge is 0.254 e. The summed E-state index contributed by atoms with van der Waals surface area (Å²) >= 11 is 0.